The molecule has 0 aliphatic carbocycles. The number of rotatable bonds is 3. The number of carboxylic acid groups (broad SMARTS) is 1. The molecule has 0 aromatic heterocycles. The van der Waals surface area contributed by atoms with Crippen molar-refractivity contribution >= 4 is 29.2 Å². The number of benzene rings is 2. The topological polar surface area (TPSA) is 66.4 Å². The number of carboxylic acids is 1. The lowest BCUT2D eigenvalue weighted by Crippen LogP contribution is -2.13. The molecule has 0 spiro atoms. The summed E-state index contributed by atoms with van der Waals surface area (Å²) < 4.78 is 26.6. The molecule has 0 bridgehead atoms. The number of hydrogen-bond acceptors (Lipinski definition) is 2. The van der Waals surface area contributed by atoms with Gasteiger partial charge >= 0.3 is 5.97 Å². The van der Waals surface area contributed by atoms with E-state index in [2.05, 4.69) is 5.32 Å². The maximum absolute atomic E-state index is 13.5. The Morgan fingerprint density at radius 1 is 1.05 bits per heavy atom. The summed E-state index contributed by atoms with van der Waals surface area (Å²) in [5.41, 5.74) is -0.598. The fourth-order valence-electron chi connectivity index (χ4n) is 1.64. The van der Waals surface area contributed by atoms with Crippen LogP contribution < -0.4 is 5.32 Å². The molecule has 0 atom stereocenters. The molecular weight excluding hydrogens is 304 g/mol. The highest BCUT2D eigenvalue weighted by atomic mass is 35.5. The minimum absolute atomic E-state index is 0.0304. The van der Waals surface area contributed by atoms with Crippen molar-refractivity contribution in [3.8, 4) is 0 Å². The van der Waals surface area contributed by atoms with E-state index in [1.165, 1.54) is 12.1 Å². The first-order valence-corrected chi connectivity index (χ1v) is 6.05. The molecule has 0 saturated carbocycles. The smallest absolute Gasteiger partial charge is 0.338 e. The third kappa shape index (κ3) is 3.35. The number of halogens is 3. The molecule has 0 fully saturated rings. The number of hydrogen-bond donors (Lipinski definition) is 2. The third-order valence-corrected chi connectivity index (χ3v) is 2.96. The largest absolute Gasteiger partial charge is 0.478 e. The van der Waals surface area contributed by atoms with Gasteiger partial charge in [-0.1, -0.05) is 11.6 Å². The van der Waals surface area contributed by atoms with Crippen LogP contribution in [0.4, 0.5) is 14.5 Å². The highest BCUT2D eigenvalue weighted by molar-refractivity contribution is 6.34. The Labute approximate surface area is 123 Å². The standard InChI is InChI=1S/C14H8ClF2NO3/c15-11-4-1-7(16)5-10(11)13(19)18-8-2-3-9(14(20)21)12(17)6-8/h1-6H,(H,18,19)(H,20,21). The maximum atomic E-state index is 13.5. The fourth-order valence-corrected chi connectivity index (χ4v) is 1.84. The average Bonchev–Trinajstić information content (AvgIpc) is 2.41. The van der Waals surface area contributed by atoms with Crippen molar-refractivity contribution in [3.63, 3.8) is 0 Å². The fraction of sp³-hybridized carbons (Fsp3) is 0. The van der Waals surface area contributed by atoms with Crippen molar-refractivity contribution in [2.45, 2.75) is 0 Å². The minimum atomic E-state index is -1.42. The van der Waals surface area contributed by atoms with Crippen molar-refractivity contribution in [1.82, 2.24) is 0 Å². The Kier molecular flexibility index (Phi) is 4.18. The van der Waals surface area contributed by atoms with Crippen molar-refractivity contribution in [2.24, 2.45) is 0 Å². The van der Waals surface area contributed by atoms with E-state index in [0.29, 0.717) is 0 Å². The number of nitrogens with one attached hydrogen (secondary N) is 1. The Morgan fingerprint density at radius 2 is 1.76 bits per heavy atom. The summed E-state index contributed by atoms with van der Waals surface area (Å²) in [6.45, 7) is 0. The SMILES string of the molecule is O=C(O)c1ccc(NC(=O)c2cc(F)ccc2Cl)cc1F. The molecule has 4 nitrogen and oxygen atoms in total. The lowest BCUT2D eigenvalue weighted by molar-refractivity contribution is 0.0692. The van der Waals surface area contributed by atoms with Crippen molar-refractivity contribution in [3.05, 3.63) is 64.2 Å². The summed E-state index contributed by atoms with van der Waals surface area (Å²) in [6, 6.07) is 6.35. The van der Waals surface area contributed by atoms with Crippen LogP contribution in [-0.2, 0) is 0 Å². The summed E-state index contributed by atoms with van der Waals surface area (Å²) in [6.07, 6.45) is 0. The van der Waals surface area contributed by atoms with Crippen LogP contribution in [0.1, 0.15) is 20.7 Å². The van der Waals surface area contributed by atoms with Crippen molar-refractivity contribution < 1.29 is 23.5 Å². The van der Waals surface area contributed by atoms with Gasteiger partial charge in [0, 0.05) is 5.69 Å². The van der Waals surface area contributed by atoms with Crippen LogP contribution in [0, 0.1) is 11.6 Å². The Hall–Kier alpha value is -2.47. The summed E-state index contributed by atoms with van der Waals surface area (Å²) >= 11 is 5.78. The number of amides is 1. The van der Waals surface area contributed by atoms with Crippen LogP contribution in [0.3, 0.4) is 0 Å². The summed E-state index contributed by atoms with van der Waals surface area (Å²) in [7, 11) is 0. The first-order valence-electron chi connectivity index (χ1n) is 5.67. The van der Waals surface area contributed by atoms with Crippen LogP contribution in [-0.4, -0.2) is 17.0 Å². The molecule has 108 valence electrons. The first kappa shape index (κ1) is 14.9. The monoisotopic (exact) mass is 311 g/mol. The van der Waals surface area contributed by atoms with Gasteiger partial charge in [-0.2, -0.15) is 0 Å². The molecule has 0 saturated heterocycles. The molecule has 21 heavy (non-hydrogen) atoms. The molecular formula is C14H8ClF2NO3. The lowest BCUT2D eigenvalue weighted by Gasteiger charge is -2.08. The molecule has 7 heteroatoms. The van der Waals surface area contributed by atoms with Crippen molar-refractivity contribution in [2.75, 3.05) is 5.32 Å². The molecule has 2 aromatic carbocycles. The van der Waals surface area contributed by atoms with Crippen LogP contribution in [0.15, 0.2) is 36.4 Å². The second kappa shape index (κ2) is 5.88. The Balaban J connectivity index is 2.26. The van der Waals surface area contributed by atoms with Crippen LogP contribution in [0.5, 0.6) is 0 Å². The zero-order chi connectivity index (χ0) is 15.6. The van der Waals surface area contributed by atoms with E-state index >= 15 is 0 Å². The molecule has 1 amide bonds. The molecule has 0 aliphatic rings. The summed E-state index contributed by atoms with van der Waals surface area (Å²) in [5, 5.41) is 11.0. The van der Waals surface area contributed by atoms with Gasteiger partial charge in [0.15, 0.2) is 0 Å². The zero-order valence-electron chi connectivity index (χ0n) is 10.4. The van der Waals surface area contributed by atoms with Gasteiger partial charge in [0.1, 0.15) is 11.6 Å². The molecule has 0 heterocycles. The highest BCUT2D eigenvalue weighted by Gasteiger charge is 2.14. The van der Waals surface area contributed by atoms with Crippen LogP contribution in [0.25, 0.3) is 0 Å². The normalized spacial score (nSPS) is 10.2. The highest BCUT2D eigenvalue weighted by Crippen LogP contribution is 2.20. The Bertz CT molecular complexity index is 734. The number of carbonyl (C=O) groups excluding carboxylic acids is 1. The third-order valence-electron chi connectivity index (χ3n) is 2.63. The maximum Gasteiger partial charge on any atom is 0.338 e. The molecule has 2 N–H and O–H groups in total. The van der Waals surface area contributed by atoms with E-state index in [0.717, 1.165) is 24.3 Å². The zero-order valence-corrected chi connectivity index (χ0v) is 11.1. The van der Waals surface area contributed by atoms with E-state index in [1.807, 2.05) is 0 Å². The molecule has 0 radical (unpaired) electrons. The van der Waals surface area contributed by atoms with Gasteiger partial charge in [-0.25, -0.2) is 13.6 Å². The Morgan fingerprint density at radius 3 is 2.38 bits per heavy atom. The van der Waals surface area contributed by atoms with Gasteiger partial charge in [0.2, 0.25) is 0 Å². The average molecular weight is 312 g/mol. The van der Waals surface area contributed by atoms with Gasteiger partial charge in [-0.05, 0) is 36.4 Å². The number of anilines is 1. The predicted molar refractivity (Wildman–Crippen MR) is 72.7 cm³/mol. The van der Waals surface area contributed by atoms with E-state index in [9.17, 15) is 18.4 Å². The van der Waals surface area contributed by atoms with Gasteiger partial charge < -0.3 is 10.4 Å². The van der Waals surface area contributed by atoms with Gasteiger partial charge in [0.05, 0.1) is 16.1 Å². The van der Waals surface area contributed by atoms with E-state index in [1.54, 1.807) is 0 Å². The molecule has 2 rings (SSSR count). The van der Waals surface area contributed by atoms with Gasteiger partial charge in [-0.15, -0.1) is 0 Å². The molecule has 0 aliphatic heterocycles. The van der Waals surface area contributed by atoms with Crippen LogP contribution in [0.2, 0.25) is 5.02 Å². The van der Waals surface area contributed by atoms with E-state index in [-0.39, 0.29) is 16.3 Å². The van der Waals surface area contributed by atoms with Gasteiger partial charge in [-0.3, -0.25) is 4.79 Å². The predicted octanol–water partition coefficient (Wildman–Crippen LogP) is 3.57. The van der Waals surface area contributed by atoms with Crippen molar-refractivity contribution in [1.29, 1.82) is 0 Å². The van der Waals surface area contributed by atoms with E-state index < -0.39 is 29.1 Å². The number of carbonyl (C=O) groups is 2. The summed E-state index contributed by atoms with van der Waals surface area (Å²) in [5.74, 6) is -3.79. The number of aromatic carboxylic acids is 1. The molecule has 2 aromatic rings. The lowest BCUT2D eigenvalue weighted by atomic mass is 10.1. The minimum Gasteiger partial charge on any atom is -0.478 e. The summed E-state index contributed by atoms with van der Waals surface area (Å²) in [4.78, 5) is 22.6. The second-order valence-electron chi connectivity index (χ2n) is 4.08. The van der Waals surface area contributed by atoms with Gasteiger partial charge in [0.25, 0.3) is 5.91 Å². The second-order valence-corrected chi connectivity index (χ2v) is 4.49. The quantitative estimate of drug-likeness (QED) is 0.910. The molecule has 0 unspecified atom stereocenters. The van der Waals surface area contributed by atoms with E-state index in [4.69, 9.17) is 16.7 Å². The first-order chi connectivity index (χ1) is 9.88. The van der Waals surface area contributed by atoms with Crippen LogP contribution >= 0.6 is 11.6 Å².